The molecule has 0 radical (unpaired) electrons. The highest BCUT2D eigenvalue weighted by Gasteiger charge is 2.51. The molecule has 0 spiro atoms. The molecule has 1 N–H and O–H groups in total. The van der Waals surface area contributed by atoms with Crippen LogP contribution in [0.25, 0.3) is 121 Å². The molecule has 5 heterocycles. The molecule has 1 fully saturated rings. The van der Waals surface area contributed by atoms with Crippen molar-refractivity contribution in [2.45, 2.75) is 45.3 Å². The van der Waals surface area contributed by atoms with Crippen molar-refractivity contribution in [1.29, 1.82) is 0 Å². The molecule has 450 valence electrons. The van der Waals surface area contributed by atoms with E-state index >= 15 is 0 Å². The van der Waals surface area contributed by atoms with Gasteiger partial charge in [-0.25, -0.2) is 4.98 Å². The Morgan fingerprint density at radius 3 is 1.49 bits per heavy atom. The Kier molecular flexibility index (Phi) is 16.0. The predicted octanol–water partition coefficient (Wildman–Crippen LogP) is 22.4. The standard InChI is InChI=1S/C30H20N2.C24H24BNO2.C17H12BrN.C13H9Br/c1-2-8-22(9-3-1)32-29-13-7-5-11-24(29)26-19-21(15-17-30(26)32)20-14-16-28-25(18-20)23-10-4-6-12-27(23)31-28;1-23(2)24(3,4)28-25(27-23)17-14-15-22-20(16-17)19-12-8-9-13-21(19)26(22)18-10-6-5-7-11-18;18-17-12-15(13-7-3-1-4-8-13)11-16(19-17)14-9-5-2-6-10-14;14-11-6-5-10-7-9-3-1-2-4-12(9)13(10)8-11/h1-19,31H;5-16H,1-4H3;1-12H;1-6,8H,7H2. The number of pyridine rings is 1. The normalized spacial score (nSPS) is 13.5. The zero-order valence-electron chi connectivity index (χ0n) is 52.1. The average molecular weight is 1330 g/mol. The summed E-state index contributed by atoms with van der Waals surface area (Å²) in [5, 5.41) is 7.55. The Labute approximate surface area is 559 Å². The zero-order valence-corrected chi connectivity index (χ0v) is 55.2. The topological polar surface area (TPSA) is 57.0 Å². The number of H-pyrrole nitrogens is 1. The van der Waals surface area contributed by atoms with Crippen LogP contribution in [0.15, 0.2) is 312 Å². The molecule has 9 heteroatoms. The van der Waals surface area contributed by atoms with Crippen LogP contribution in [0, 0.1) is 0 Å². The quantitative estimate of drug-likeness (QED) is 0.133. The van der Waals surface area contributed by atoms with E-state index in [-0.39, 0.29) is 18.3 Å². The smallest absolute Gasteiger partial charge is 0.399 e. The van der Waals surface area contributed by atoms with E-state index in [1.807, 2.05) is 48.5 Å². The maximum Gasteiger partial charge on any atom is 0.494 e. The number of aromatic nitrogens is 4. The maximum atomic E-state index is 6.27. The van der Waals surface area contributed by atoms with Gasteiger partial charge in [0.1, 0.15) is 4.60 Å². The third kappa shape index (κ3) is 11.6. The Morgan fingerprint density at radius 1 is 0.366 bits per heavy atom. The van der Waals surface area contributed by atoms with Crippen LogP contribution in [-0.4, -0.2) is 37.4 Å². The number of hydrogen-bond donors (Lipinski definition) is 1. The highest BCUT2D eigenvalue weighted by atomic mass is 79.9. The number of para-hydroxylation sites is 5. The van der Waals surface area contributed by atoms with Gasteiger partial charge in [-0.1, -0.05) is 222 Å². The fourth-order valence-corrected chi connectivity index (χ4v) is 14.0. The molecule has 12 aromatic carbocycles. The molecule has 16 aromatic rings. The summed E-state index contributed by atoms with van der Waals surface area (Å²) >= 11 is 7.01. The first-order valence-electron chi connectivity index (χ1n) is 31.6. The summed E-state index contributed by atoms with van der Waals surface area (Å²) in [6.45, 7) is 8.36. The van der Waals surface area contributed by atoms with E-state index in [0.717, 1.165) is 37.9 Å². The summed E-state index contributed by atoms with van der Waals surface area (Å²) in [6.07, 6.45) is 1.08. The molecule has 6 nitrogen and oxygen atoms in total. The first kappa shape index (κ1) is 59.4. The molecular weight excluding hydrogens is 1270 g/mol. The van der Waals surface area contributed by atoms with E-state index in [2.05, 4.69) is 333 Å². The monoisotopic (exact) mass is 1330 g/mol. The minimum Gasteiger partial charge on any atom is -0.399 e. The van der Waals surface area contributed by atoms with Crippen molar-refractivity contribution < 1.29 is 9.31 Å². The lowest BCUT2D eigenvalue weighted by Gasteiger charge is -2.32. The Balaban J connectivity index is 0.000000107. The third-order valence-corrected chi connectivity index (χ3v) is 19.4. The minimum atomic E-state index is -0.353. The first-order valence-corrected chi connectivity index (χ1v) is 33.2. The first-order chi connectivity index (χ1) is 45.4. The van der Waals surface area contributed by atoms with Crippen molar-refractivity contribution in [3.8, 4) is 56.0 Å². The highest BCUT2D eigenvalue weighted by Crippen LogP contribution is 2.41. The number of halogens is 2. The summed E-state index contributed by atoms with van der Waals surface area (Å²) in [6, 6.07) is 107. The molecule has 0 unspecified atom stereocenters. The average Bonchev–Trinajstić information content (AvgIpc) is 1.67. The number of benzene rings is 12. The SMILES string of the molecule is Brc1cc(-c2ccccc2)cc(-c2ccccc2)n1.Brc1ccc2c(c1)-c1ccccc1C2.CC1(C)OB(c2ccc3c(c2)c2ccccc2n3-c2ccccc2)OC1(C)C.c1ccc(-n2c3ccccc3c3cc(-c4ccc5[nH]c6ccccc6c5c4)ccc32)cc1. The van der Waals surface area contributed by atoms with Gasteiger partial charge in [0.15, 0.2) is 0 Å². The molecule has 0 bridgehead atoms. The zero-order chi connectivity index (χ0) is 63.2. The summed E-state index contributed by atoms with van der Waals surface area (Å²) < 4.78 is 19.2. The van der Waals surface area contributed by atoms with Gasteiger partial charge in [0.05, 0.1) is 39.0 Å². The second kappa shape index (κ2) is 25.0. The second-order valence-electron chi connectivity index (χ2n) is 24.8. The molecule has 93 heavy (non-hydrogen) atoms. The van der Waals surface area contributed by atoms with Crippen LogP contribution in [0.3, 0.4) is 0 Å². The Bertz CT molecular complexity index is 5340. The van der Waals surface area contributed by atoms with Crippen LogP contribution in [0.1, 0.15) is 38.8 Å². The molecule has 1 aliphatic heterocycles. The Morgan fingerprint density at radius 2 is 0.849 bits per heavy atom. The van der Waals surface area contributed by atoms with E-state index in [4.69, 9.17) is 9.31 Å². The van der Waals surface area contributed by atoms with E-state index in [1.165, 1.54) is 116 Å². The van der Waals surface area contributed by atoms with Crippen LogP contribution in [0.4, 0.5) is 0 Å². The van der Waals surface area contributed by atoms with E-state index < -0.39 is 0 Å². The van der Waals surface area contributed by atoms with Crippen LogP contribution in [-0.2, 0) is 15.7 Å². The van der Waals surface area contributed by atoms with Gasteiger partial charge in [0.25, 0.3) is 0 Å². The molecule has 0 saturated carbocycles. The molecule has 0 atom stereocenters. The fraction of sp³-hybridized carbons (Fsp3) is 0.0833. The number of nitrogens with one attached hydrogen (secondary N) is 1. The summed E-state index contributed by atoms with van der Waals surface area (Å²) in [4.78, 5) is 8.07. The summed E-state index contributed by atoms with van der Waals surface area (Å²) in [5.41, 5.74) is 22.5. The van der Waals surface area contributed by atoms with Crippen molar-refractivity contribution in [3.05, 3.63) is 324 Å². The predicted molar refractivity (Wildman–Crippen MR) is 397 cm³/mol. The summed E-state index contributed by atoms with van der Waals surface area (Å²) in [7, 11) is -0.353. The number of nitrogens with zero attached hydrogens (tertiary/aromatic N) is 3. The van der Waals surface area contributed by atoms with E-state index in [1.54, 1.807) is 0 Å². The second-order valence-corrected chi connectivity index (χ2v) is 26.6. The van der Waals surface area contributed by atoms with Crippen LogP contribution in [0.5, 0.6) is 0 Å². The molecule has 0 amide bonds. The summed E-state index contributed by atoms with van der Waals surface area (Å²) in [5.74, 6) is 0. The van der Waals surface area contributed by atoms with Crippen LogP contribution >= 0.6 is 31.9 Å². The van der Waals surface area contributed by atoms with E-state index in [0.29, 0.717) is 0 Å². The van der Waals surface area contributed by atoms with Crippen LogP contribution in [0.2, 0.25) is 0 Å². The van der Waals surface area contributed by atoms with Crippen molar-refractivity contribution >= 4 is 110 Å². The Hall–Kier alpha value is -9.87. The van der Waals surface area contributed by atoms with Crippen molar-refractivity contribution in [2.75, 3.05) is 0 Å². The lowest BCUT2D eigenvalue weighted by molar-refractivity contribution is 0.00578. The van der Waals surface area contributed by atoms with Crippen molar-refractivity contribution in [2.24, 2.45) is 0 Å². The largest absolute Gasteiger partial charge is 0.494 e. The van der Waals surface area contributed by atoms with Gasteiger partial charge in [0.2, 0.25) is 0 Å². The highest BCUT2D eigenvalue weighted by molar-refractivity contribution is 9.10. The number of rotatable bonds is 6. The van der Waals surface area contributed by atoms with Gasteiger partial charge in [-0.15, -0.1) is 0 Å². The van der Waals surface area contributed by atoms with E-state index in [9.17, 15) is 0 Å². The molecule has 1 saturated heterocycles. The number of hydrogen-bond acceptors (Lipinski definition) is 3. The van der Waals surface area contributed by atoms with Gasteiger partial charge >= 0.3 is 7.12 Å². The van der Waals surface area contributed by atoms with Crippen molar-refractivity contribution in [1.82, 2.24) is 19.1 Å². The van der Waals surface area contributed by atoms with Crippen molar-refractivity contribution in [3.63, 3.8) is 0 Å². The molecule has 2 aliphatic rings. The van der Waals surface area contributed by atoms with Gasteiger partial charge in [-0.3, -0.25) is 0 Å². The minimum absolute atomic E-state index is 0.343. The third-order valence-electron chi connectivity index (χ3n) is 18.5. The molecular formula is C84H65BBr2N4O2. The van der Waals surface area contributed by atoms with Gasteiger partial charge in [-0.05, 0) is 197 Å². The van der Waals surface area contributed by atoms with Gasteiger partial charge in [-0.2, -0.15) is 0 Å². The van der Waals surface area contributed by atoms with Gasteiger partial charge in [0, 0.05) is 64.8 Å². The molecule has 4 aromatic heterocycles. The number of aromatic amines is 1. The fourth-order valence-electron chi connectivity index (χ4n) is 13.2. The lowest BCUT2D eigenvalue weighted by atomic mass is 9.78. The number of fused-ring (bicyclic) bond motifs is 12. The molecule has 1 aliphatic carbocycles. The van der Waals surface area contributed by atoms with Gasteiger partial charge < -0.3 is 23.4 Å². The lowest BCUT2D eigenvalue weighted by Crippen LogP contribution is -2.41. The maximum absolute atomic E-state index is 6.27. The van der Waals surface area contributed by atoms with Crippen LogP contribution < -0.4 is 5.46 Å². The molecule has 18 rings (SSSR count).